The molecule has 6 rings (SSSR count). The molecule has 0 amide bonds. The lowest BCUT2D eigenvalue weighted by Crippen LogP contribution is -2.11. The molecule has 0 N–H and O–H groups in total. The first-order chi connectivity index (χ1) is 14.4. The molecule has 0 radical (unpaired) electrons. The molecule has 30 heavy (non-hydrogen) atoms. The highest BCUT2D eigenvalue weighted by molar-refractivity contribution is 7.18. The standard InChI is InChI=1S/C26H21NOS2/c1-14-13-30-25-17(14)5-6-18-21-20(28-23(18)25)7-9-27-22(21)16-11-15-8-10-29-24(15)19(12-16)26(2,3)4/h5-13H,1-4H3. The summed E-state index contributed by atoms with van der Waals surface area (Å²) in [5.74, 6) is 0. The summed E-state index contributed by atoms with van der Waals surface area (Å²) in [5, 5.41) is 9.19. The summed E-state index contributed by atoms with van der Waals surface area (Å²) >= 11 is 3.58. The predicted octanol–water partition coefficient (Wildman–Crippen LogP) is 8.68. The highest BCUT2D eigenvalue weighted by Crippen LogP contribution is 2.43. The Balaban J connectivity index is 1.72. The van der Waals surface area contributed by atoms with Crippen LogP contribution in [-0.2, 0) is 5.41 Å². The first-order valence-corrected chi connectivity index (χ1v) is 11.9. The average Bonchev–Trinajstić information content (AvgIpc) is 3.42. The molecule has 0 bridgehead atoms. The molecule has 0 fully saturated rings. The lowest BCUT2D eigenvalue weighted by Gasteiger charge is -2.21. The van der Waals surface area contributed by atoms with Gasteiger partial charge in [-0.25, -0.2) is 0 Å². The molecule has 0 aliphatic rings. The van der Waals surface area contributed by atoms with Crippen LogP contribution in [0.3, 0.4) is 0 Å². The van der Waals surface area contributed by atoms with Crippen molar-refractivity contribution in [2.45, 2.75) is 33.1 Å². The summed E-state index contributed by atoms with van der Waals surface area (Å²) in [4.78, 5) is 4.85. The van der Waals surface area contributed by atoms with E-state index in [4.69, 9.17) is 9.40 Å². The van der Waals surface area contributed by atoms with E-state index in [9.17, 15) is 0 Å². The van der Waals surface area contributed by atoms with Crippen LogP contribution in [0.4, 0.5) is 0 Å². The van der Waals surface area contributed by atoms with E-state index in [-0.39, 0.29) is 5.41 Å². The van der Waals surface area contributed by atoms with E-state index in [0.29, 0.717) is 0 Å². The van der Waals surface area contributed by atoms with Crippen LogP contribution in [0.2, 0.25) is 0 Å². The van der Waals surface area contributed by atoms with Crippen LogP contribution in [-0.4, -0.2) is 4.98 Å². The topological polar surface area (TPSA) is 26.0 Å². The van der Waals surface area contributed by atoms with Crippen LogP contribution < -0.4 is 0 Å². The van der Waals surface area contributed by atoms with Crippen LogP contribution >= 0.6 is 22.7 Å². The second kappa shape index (κ2) is 6.16. The maximum absolute atomic E-state index is 6.38. The summed E-state index contributed by atoms with van der Waals surface area (Å²) in [6.45, 7) is 9.00. The van der Waals surface area contributed by atoms with Gasteiger partial charge in [0.15, 0.2) is 5.58 Å². The third-order valence-electron chi connectivity index (χ3n) is 5.92. The van der Waals surface area contributed by atoms with Gasteiger partial charge in [0.05, 0.1) is 15.8 Å². The molecule has 0 aliphatic heterocycles. The highest BCUT2D eigenvalue weighted by Gasteiger charge is 2.22. The van der Waals surface area contributed by atoms with Gasteiger partial charge in [0, 0.05) is 21.8 Å². The maximum Gasteiger partial charge on any atom is 0.153 e. The number of thiophene rings is 2. The molecule has 0 aliphatic carbocycles. The Bertz CT molecular complexity index is 1590. The molecular formula is C26H21NOS2. The Morgan fingerprint density at radius 3 is 2.60 bits per heavy atom. The molecule has 0 unspecified atom stereocenters. The van der Waals surface area contributed by atoms with E-state index in [1.807, 2.05) is 23.6 Å². The third kappa shape index (κ3) is 2.50. The van der Waals surface area contributed by atoms with E-state index >= 15 is 0 Å². The van der Waals surface area contributed by atoms with E-state index in [0.717, 1.165) is 33.2 Å². The molecule has 4 heterocycles. The number of hydrogen-bond acceptors (Lipinski definition) is 4. The number of aryl methyl sites for hydroxylation is 1. The summed E-state index contributed by atoms with van der Waals surface area (Å²) in [5.41, 5.74) is 6.76. The number of benzene rings is 2. The van der Waals surface area contributed by atoms with Crippen molar-refractivity contribution in [2.75, 3.05) is 0 Å². The van der Waals surface area contributed by atoms with Crippen LogP contribution in [0.25, 0.3) is 53.4 Å². The zero-order chi connectivity index (χ0) is 20.6. The zero-order valence-corrected chi connectivity index (χ0v) is 19.0. The Kier molecular flexibility index (Phi) is 3.72. The Morgan fingerprint density at radius 1 is 0.933 bits per heavy atom. The number of aromatic nitrogens is 1. The van der Waals surface area contributed by atoms with Gasteiger partial charge >= 0.3 is 0 Å². The van der Waals surface area contributed by atoms with Crippen LogP contribution in [0.1, 0.15) is 31.9 Å². The number of nitrogens with zero attached hydrogens (tertiary/aromatic N) is 1. The molecule has 2 nitrogen and oxygen atoms in total. The summed E-state index contributed by atoms with van der Waals surface area (Å²) < 4.78 is 8.97. The minimum atomic E-state index is 0.0616. The largest absolute Gasteiger partial charge is 0.454 e. The Hall–Kier alpha value is -2.69. The first-order valence-electron chi connectivity index (χ1n) is 10.1. The molecule has 0 saturated carbocycles. The van der Waals surface area contributed by atoms with Crippen LogP contribution in [0.15, 0.2) is 57.8 Å². The second-order valence-electron chi connectivity index (χ2n) is 8.99. The number of rotatable bonds is 1. The van der Waals surface area contributed by atoms with E-state index in [2.05, 4.69) is 68.8 Å². The van der Waals surface area contributed by atoms with Gasteiger partial charge in [-0.05, 0) is 75.3 Å². The molecule has 4 heteroatoms. The fraction of sp³-hybridized carbons (Fsp3) is 0.192. The number of pyridine rings is 1. The molecule has 2 aromatic carbocycles. The predicted molar refractivity (Wildman–Crippen MR) is 131 cm³/mol. The third-order valence-corrected chi connectivity index (χ3v) is 7.99. The second-order valence-corrected chi connectivity index (χ2v) is 10.8. The molecular weight excluding hydrogens is 406 g/mol. The average molecular weight is 428 g/mol. The van der Waals surface area contributed by atoms with Gasteiger partial charge in [0.25, 0.3) is 0 Å². The van der Waals surface area contributed by atoms with Crippen LogP contribution in [0.5, 0.6) is 0 Å². The Morgan fingerprint density at radius 2 is 1.77 bits per heavy atom. The van der Waals surface area contributed by atoms with Crippen molar-refractivity contribution in [1.82, 2.24) is 4.98 Å². The normalized spacial score (nSPS) is 12.7. The summed E-state index contributed by atoms with van der Waals surface area (Å²) in [6.07, 6.45) is 1.87. The smallest absolute Gasteiger partial charge is 0.153 e. The lowest BCUT2D eigenvalue weighted by atomic mass is 9.85. The lowest BCUT2D eigenvalue weighted by molar-refractivity contribution is 0.597. The fourth-order valence-corrected chi connectivity index (χ4v) is 6.54. The van der Waals surface area contributed by atoms with E-state index in [1.165, 1.54) is 31.3 Å². The summed E-state index contributed by atoms with van der Waals surface area (Å²) in [6, 6.07) is 13.2. The van der Waals surface area contributed by atoms with Gasteiger partial charge in [0.2, 0.25) is 0 Å². The minimum Gasteiger partial charge on any atom is -0.454 e. The quantitative estimate of drug-likeness (QED) is 0.262. The van der Waals surface area contributed by atoms with Crippen molar-refractivity contribution in [2.24, 2.45) is 0 Å². The SMILES string of the molecule is Cc1csc2c1ccc1c2oc2ccnc(-c3cc(C(C)(C)C)c4sccc4c3)c21. The first kappa shape index (κ1) is 18.1. The van der Waals surface area contributed by atoms with Gasteiger partial charge in [-0.3, -0.25) is 4.98 Å². The van der Waals surface area contributed by atoms with Gasteiger partial charge < -0.3 is 4.42 Å². The molecule has 0 atom stereocenters. The fourth-order valence-electron chi connectivity index (χ4n) is 4.39. The van der Waals surface area contributed by atoms with E-state index < -0.39 is 0 Å². The maximum atomic E-state index is 6.38. The summed E-state index contributed by atoms with van der Waals surface area (Å²) in [7, 11) is 0. The molecule has 0 spiro atoms. The highest BCUT2D eigenvalue weighted by atomic mass is 32.1. The van der Waals surface area contributed by atoms with Crippen LogP contribution in [0, 0.1) is 6.92 Å². The molecule has 0 saturated heterocycles. The van der Waals surface area contributed by atoms with Crippen molar-refractivity contribution >= 4 is 64.8 Å². The van der Waals surface area contributed by atoms with Gasteiger partial charge in [-0.1, -0.05) is 26.8 Å². The van der Waals surface area contributed by atoms with Crippen molar-refractivity contribution in [1.29, 1.82) is 0 Å². The molecule has 6 aromatic rings. The van der Waals surface area contributed by atoms with Crippen molar-refractivity contribution in [3.8, 4) is 11.3 Å². The number of furan rings is 1. The molecule has 148 valence electrons. The van der Waals surface area contributed by atoms with Gasteiger partial charge in [0.1, 0.15) is 5.58 Å². The van der Waals surface area contributed by atoms with Crippen molar-refractivity contribution in [3.63, 3.8) is 0 Å². The minimum absolute atomic E-state index is 0.0616. The van der Waals surface area contributed by atoms with E-state index in [1.54, 1.807) is 11.3 Å². The van der Waals surface area contributed by atoms with Gasteiger partial charge in [-0.2, -0.15) is 0 Å². The monoisotopic (exact) mass is 427 g/mol. The number of fused-ring (bicyclic) bond motifs is 6. The van der Waals surface area contributed by atoms with Gasteiger partial charge in [-0.15, -0.1) is 22.7 Å². The number of hydrogen-bond donors (Lipinski definition) is 0. The van der Waals surface area contributed by atoms with Crippen molar-refractivity contribution < 1.29 is 4.42 Å². The Labute approximate surface area is 182 Å². The molecule has 4 aromatic heterocycles. The zero-order valence-electron chi connectivity index (χ0n) is 17.4. The van der Waals surface area contributed by atoms with Crippen molar-refractivity contribution in [3.05, 3.63) is 64.5 Å².